The lowest BCUT2D eigenvalue weighted by Crippen LogP contribution is -2.59. The number of likely N-dealkylation sites (tertiary alicyclic amines) is 1. The summed E-state index contributed by atoms with van der Waals surface area (Å²) in [4.78, 5) is 28.1. The molecule has 33 heavy (non-hydrogen) atoms. The fourth-order valence-electron chi connectivity index (χ4n) is 4.70. The molecule has 3 aromatic rings. The van der Waals surface area contributed by atoms with E-state index in [1.165, 1.54) is 6.08 Å². The van der Waals surface area contributed by atoms with Crippen LogP contribution in [0.3, 0.4) is 0 Å². The van der Waals surface area contributed by atoms with Crippen LogP contribution < -0.4 is 9.64 Å². The zero-order valence-electron chi connectivity index (χ0n) is 18.1. The maximum atomic E-state index is 12.8. The van der Waals surface area contributed by atoms with Crippen LogP contribution in [0.2, 0.25) is 5.02 Å². The van der Waals surface area contributed by atoms with Crippen LogP contribution in [0.1, 0.15) is 6.92 Å². The first-order chi connectivity index (χ1) is 15.9. The zero-order chi connectivity index (χ0) is 23.3. The van der Waals surface area contributed by atoms with E-state index in [2.05, 4.69) is 6.58 Å². The Balaban J connectivity index is 1.52. The second-order valence-corrected chi connectivity index (χ2v) is 8.92. The fourth-order valence-corrected chi connectivity index (χ4v) is 4.96. The fraction of sp³-hybridized carbons (Fsp3) is 0.231. The van der Waals surface area contributed by atoms with E-state index in [0.717, 1.165) is 21.9 Å². The lowest BCUT2D eigenvalue weighted by Gasteiger charge is -2.46. The predicted molar refractivity (Wildman–Crippen MR) is 129 cm³/mol. The average Bonchev–Trinajstić information content (AvgIpc) is 2.76. The van der Waals surface area contributed by atoms with Gasteiger partial charge in [-0.2, -0.15) is 0 Å². The van der Waals surface area contributed by atoms with Crippen LogP contribution in [0.4, 0.5) is 5.69 Å². The monoisotopic (exact) mass is 462 g/mol. The molecule has 1 saturated heterocycles. The van der Waals surface area contributed by atoms with Crippen molar-refractivity contribution in [3.63, 3.8) is 0 Å². The minimum atomic E-state index is -0.143. The Hall–Kier alpha value is -3.51. The molecule has 1 atom stereocenters. The average molecular weight is 463 g/mol. The molecular formula is C26H23ClN2O4. The Bertz CT molecular complexity index is 1300. The van der Waals surface area contributed by atoms with Crippen molar-refractivity contribution in [3.05, 3.63) is 66.2 Å². The van der Waals surface area contributed by atoms with Crippen LogP contribution in [0, 0.1) is 5.92 Å². The zero-order valence-corrected chi connectivity index (χ0v) is 18.9. The van der Waals surface area contributed by atoms with Gasteiger partial charge in [0.15, 0.2) is 6.61 Å². The SMILES string of the molecule is C=CC(=O)N1CC(C(C)N2C(=O)COc3cc(-c4cc(O)cc5ccccc45)c(Cl)cc32)C1. The molecule has 0 saturated carbocycles. The summed E-state index contributed by atoms with van der Waals surface area (Å²) in [7, 11) is 0. The van der Waals surface area contributed by atoms with E-state index in [1.807, 2.05) is 37.3 Å². The molecule has 168 valence electrons. The Kier molecular flexibility index (Phi) is 5.25. The molecule has 2 aliphatic rings. The number of carbonyl (C=O) groups excluding carboxylic acids is 2. The van der Waals surface area contributed by atoms with E-state index in [1.54, 1.807) is 28.0 Å². The summed E-state index contributed by atoms with van der Waals surface area (Å²) in [6.07, 6.45) is 1.31. The Labute approximate surface area is 196 Å². The van der Waals surface area contributed by atoms with Gasteiger partial charge in [-0.3, -0.25) is 9.59 Å². The van der Waals surface area contributed by atoms with Gasteiger partial charge in [0.05, 0.1) is 10.7 Å². The van der Waals surface area contributed by atoms with Crippen LogP contribution in [0.25, 0.3) is 21.9 Å². The number of carbonyl (C=O) groups is 2. The number of aromatic hydroxyl groups is 1. The molecule has 5 rings (SSSR count). The summed E-state index contributed by atoms with van der Waals surface area (Å²) in [5.41, 5.74) is 2.12. The number of phenols is 1. The van der Waals surface area contributed by atoms with Gasteiger partial charge in [-0.25, -0.2) is 0 Å². The number of hydrogen-bond donors (Lipinski definition) is 1. The molecule has 2 amide bonds. The van der Waals surface area contributed by atoms with Crippen LogP contribution in [0.15, 0.2) is 61.2 Å². The molecule has 7 heteroatoms. The third kappa shape index (κ3) is 3.60. The van der Waals surface area contributed by atoms with Gasteiger partial charge < -0.3 is 19.6 Å². The first kappa shape index (κ1) is 21.3. The Morgan fingerprint density at radius 2 is 1.97 bits per heavy atom. The summed E-state index contributed by atoms with van der Waals surface area (Å²) >= 11 is 6.74. The molecule has 0 spiro atoms. The predicted octanol–water partition coefficient (Wildman–Crippen LogP) is 4.62. The molecule has 0 bridgehead atoms. The third-order valence-electron chi connectivity index (χ3n) is 6.55. The van der Waals surface area contributed by atoms with E-state index in [9.17, 15) is 14.7 Å². The van der Waals surface area contributed by atoms with Crippen molar-refractivity contribution in [2.24, 2.45) is 5.92 Å². The molecular weight excluding hydrogens is 440 g/mol. The van der Waals surface area contributed by atoms with E-state index >= 15 is 0 Å². The first-order valence-corrected chi connectivity index (χ1v) is 11.2. The minimum absolute atomic E-state index is 0.0682. The van der Waals surface area contributed by atoms with Gasteiger partial charge in [-0.05, 0) is 53.6 Å². The van der Waals surface area contributed by atoms with Crippen LogP contribution in [0.5, 0.6) is 11.5 Å². The third-order valence-corrected chi connectivity index (χ3v) is 6.86. The number of benzene rings is 3. The van der Waals surface area contributed by atoms with E-state index in [-0.39, 0.29) is 36.1 Å². The van der Waals surface area contributed by atoms with Crippen molar-refractivity contribution in [2.45, 2.75) is 13.0 Å². The number of nitrogens with zero attached hydrogens (tertiary/aromatic N) is 2. The summed E-state index contributed by atoms with van der Waals surface area (Å²) < 4.78 is 5.79. The maximum Gasteiger partial charge on any atom is 0.265 e. The Morgan fingerprint density at radius 3 is 2.73 bits per heavy atom. The normalized spacial score (nSPS) is 16.7. The molecule has 2 heterocycles. The molecule has 6 nitrogen and oxygen atoms in total. The number of phenolic OH excluding ortho intramolecular Hbond substituents is 1. The van der Waals surface area contributed by atoms with Gasteiger partial charge in [0, 0.05) is 30.6 Å². The quantitative estimate of drug-likeness (QED) is 0.574. The number of amides is 2. The van der Waals surface area contributed by atoms with Gasteiger partial charge in [0.2, 0.25) is 5.91 Å². The van der Waals surface area contributed by atoms with Gasteiger partial charge in [-0.1, -0.05) is 42.4 Å². The summed E-state index contributed by atoms with van der Waals surface area (Å²) in [6, 6.07) is 14.6. The molecule has 1 unspecified atom stereocenters. The highest BCUT2D eigenvalue weighted by molar-refractivity contribution is 6.34. The molecule has 1 N–H and O–H groups in total. The smallest absolute Gasteiger partial charge is 0.265 e. The minimum Gasteiger partial charge on any atom is -0.508 e. The van der Waals surface area contributed by atoms with E-state index in [0.29, 0.717) is 29.5 Å². The van der Waals surface area contributed by atoms with Crippen molar-refractivity contribution in [1.29, 1.82) is 0 Å². The second-order valence-electron chi connectivity index (χ2n) is 8.51. The van der Waals surface area contributed by atoms with Crippen LogP contribution in [-0.2, 0) is 9.59 Å². The van der Waals surface area contributed by atoms with Gasteiger partial charge >= 0.3 is 0 Å². The number of ether oxygens (including phenoxy) is 1. The summed E-state index contributed by atoms with van der Waals surface area (Å²) in [5.74, 6) is 0.615. The van der Waals surface area contributed by atoms with Gasteiger partial charge in [0.25, 0.3) is 5.91 Å². The number of fused-ring (bicyclic) bond motifs is 2. The summed E-state index contributed by atoms with van der Waals surface area (Å²) in [5, 5.41) is 12.6. The largest absolute Gasteiger partial charge is 0.508 e. The topological polar surface area (TPSA) is 70.1 Å². The maximum absolute atomic E-state index is 12.8. The Morgan fingerprint density at radius 1 is 1.21 bits per heavy atom. The van der Waals surface area contributed by atoms with Gasteiger partial charge in [0.1, 0.15) is 11.5 Å². The van der Waals surface area contributed by atoms with Crippen LogP contribution >= 0.6 is 11.6 Å². The molecule has 0 radical (unpaired) electrons. The molecule has 3 aromatic carbocycles. The second kappa shape index (κ2) is 8.12. The molecule has 0 aromatic heterocycles. The number of hydrogen-bond acceptors (Lipinski definition) is 4. The molecule has 1 fully saturated rings. The van der Waals surface area contributed by atoms with Crippen molar-refractivity contribution in [3.8, 4) is 22.6 Å². The van der Waals surface area contributed by atoms with Crippen molar-refractivity contribution >= 4 is 39.9 Å². The highest BCUT2D eigenvalue weighted by Crippen LogP contribution is 2.45. The molecule has 2 aliphatic heterocycles. The van der Waals surface area contributed by atoms with Crippen molar-refractivity contribution in [2.75, 3.05) is 24.6 Å². The summed E-state index contributed by atoms with van der Waals surface area (Å²) in [6.45, 7) is 6.60. The van der Waals surface area contributed by atoms with Crippen molar-refractivity contribution < 1.29 is 19.4 Å². The standard InChI is InChI=1S/C26H23ClN2O4/c1-3-25(31)28-12-17(13-28)15(2)29-23-11-22(27)21(10-24(23)33-14-26(29)32)20-9-18(30)8-16-6-4-5-7-19(16)20/h3-11,15,17,30H,1,12-14H2,2H3. The first-order valence-electron chi connectivity index (χ1n) is 10.8. The number of anilines is 1. The van der Waals surface area contributed by atoms with E-state index in [4.69, 9.17) is 16.3 Å². The van der Waals surface area contributed by atoms with Crippen LogP contribution in [-0.4, -0.2) is 47.6 Å². The highest BCUT2D eigenvalue weighted by Gasteiger charge is 2.40. The molecule has 0 aliphatic carbocycles. The van der Waals surface area contributed by atoms with E-state index < -0.39 is 0 Å². The van der Waals surface area contributed by atoms with Crippen molar-refractivity contribution in [1.82, 2.24) is 4.90 Å². The number of rotatable bonds is 4. The highest BCUT2D eigenvalue weighted by atomic mass is 35.5. The lowest BCUT2D eigenvalue weighted by molar-refractivity contribution is -0.132. The van der Waals surface area contributed by atoms with Gasteiger partial charge in [-0.15, -0.1) is 0 Å². The number of halogens is 1. The lowest BCUT2D eigenvalue weighted by atomic mass is 9.90.